The van der Waals surface area contributed by atoms with Crippen LogP contribution < -0.4 is 0 Å². The molecule has 0 atom stereocenters. The second-order valence-electron chi connectivity index (χ2n) is 4.74. The molecule has 0 spiro atoms. The Bertz CT molecular complexity index is 261. The van der Waals surface area contributed by atoms with Gasteiger partial charge in [-0.1, -0.05) is 44.6 Å². The van der Waals surface area contributed by atoms with Crippen LogP contribution in [0.2, 0.25) is 0 Å². The van der Waals surface area contributed by atoms with E-state index in [-0.39, 0.29) is 0 Å². The molecule has 1 aromatic rings. The molecule has 1 heterocycles. The fourth-order valence-corrected chi connectivity index (χ4v) is 2.10. The first-order valence-electron chi connectivity index (χ1n) is 7.07. The quantitative estimate of drug-likeness (QED) is 0.363. The van der Waals surface area contributed by atoms with E-state index in [9.17, 15) is 0 Å². The van der Waals surface area contributed by atoms with E-state index >= 15 is 0 Å². The van der Waals surface area contributed by atoms with Gasteiger partial charge in [0.05, 0.1) is 6.26 Å². The zero-order valence-corrected chi connectivity index (χ0v) is 11.0. The van der Waals surface area contributed by atoms with Crippen molar-refractivity contribution in [2.75, 3.05) is 0 Å². The van der Waals surface area contributed by atoms with Gasteiger partial charge in [-0.05, 0) is 31.4 Å². The van der Waals surface area contributed by atoms with Crippen molar-refractivity contribution in [3.05, 3.63) is 36.8 Å². The normalized spacial score (nSPS) is 10.6. The largest absolute Gasteiger partial charge is 0.469 e. The Morgan fingerprint density at radius 3 is 2.18 bits per heavy atom. The molecule has 96 valence electrons. The summed E-state index contributed by atoms with van der Waals surface area (Å²) in [5.41, 5.74) is 0. The molecule has 0 amide bonds. The van der Waals surface area contributed by atoms with Gasteiger partial charge >= 0.3 is 0 Å². The smallest absolute Gasteiger partial charge is 0.103 e. The van der Waals surface area contributed by atoms with Crippen LogP contribution in [0, 0.1) is 0 Å². The van der Waals surface area contributed by atoms with E-state index in [4.69, 9.17) is 4.42 Å². The number of hydrogen-bond donors (Lipinski definition) is 0. The molecule has 1 nitrogen and oxygen atoms in total. The highest BCUT2D eigenvalue weighted by Gasteiger charge is 1.96. The van der Waals surface area contributed by atoms with E-state index in [1.165, 1.54) is 57.8 Å². The molecule has 0 N–H and O–H groups in total. The van der Waals surface area contributed by atoms with Gasteiger partial charge in [0.2, 0.25) is 0 Å². The van der Waals surface area contributed by atoms with Crippen molar-refractivity contribution in [2.24, 2.45) is 0 Å². The Morgan fingerprint density at radius 1 is 0.941 bits per heavy atom. The maximum atomic E-state index is 5.31. The first-order valence-corrected chi connectivity index (χ1v) is 7.07. The van der Waals surface area contributed by atoms with Gasteiger partial charge in [-0.2, -0.15) is 0 Å². The SMILES string of the molecule is C=CCCCCCCCCCCc1ccco1. The molecule has 1 aromatic heterocycles. The molecule has 1 heteroatoms. The van der Waals surface area contributed by atoms with Crippen molar-refractivity contribution in [3.63, 3.8) is 0 Å². The Morgan fingerprint density at radius 2 is 1.59 bits per heavy atom. The zero-order chi connectivity index (χ0) is 12.2. The van der Waals surface area contributed by atoms with Crippen molar-refractivity contribution in [2.45, 2.75) is 64.2 Å². The first kappa shape index (κ1) is 14.1. The van der Waals surface area contributed by atoms with E-state index in [0.29, 0.717) is 0 Å². The van der Waals surface area contributed by atoms with Gasteiger partial charge in [0.25, 0.3) is 0 Å². The van der Waals surface area contributed by atoms with Crippen LogP contribution in [0.15, 0.2) is 35.5 Å². The van der Waals surface area contributed by atoms with Gasteiger partial charge in [-0.25, -0.2) is 0 Å². The van der Waals surface area contributed by atoms with Crippen molar-refractivity contribution >= 4 is 0 Å². The number of hydrogen-bond acceptors (Lipinski definition) is 1. The van der Waals surface area contributed by atoms with E-state index in [2.05, 4.69) is 12.6 Å². The summed E-state index contributed by atoms with van der Waals surface area (Å²) in [7, 11) is 0. The van der Waals surface area contributed by atoms with Crippen molar-refractivity contribution < 1.29 is 4.42 Å². The monoisotopic (exact) mass is 234 g/mol. The predicted molar refractivity (Wildman–Crippen MR) is 74.2 cm³/mol. The molecule has 0 aliphatic heterocycles. The molecule has 0 fully saturated rings. The summed E-state index contributed by atoms with van der Waals surface area (Å²) in [5.74, 6) is 1.13. The lowest BCUT2D eigenvalue weighted by Crippen LogP contribution is -1.84. The summed E-state index contributed by atoms with van der Waals surface area (Å²) in [6.07, 6.45) is 16.9. The molecular weight excluding hydrogens is 208 g/mol. The predicted octanol–water partition coefficient (Wildman–Crippen LogP) is 5.52. The number of unbranched alkanes of at least 4 members (excludes halogenated alkanes) is 8. The lowest BCUT2D eigenvalue weighted by atomic mass is 10.1. The summed E-state index contributed by atoms with van der Waals surface area (Å²) in [6.45, 7) is 3.74. The van der Waals surface area contributed by atoms with Crippen molar-refractivity contribution in [1.82, 2.24) is 0 Å². The summed E-state index contributed by atoms with van der Waals surface area (Å²) in [6, 6.07) is 4.04. The molecule has 0 saturated heterocycles. The van der Waals surface area contributed by atoms with Crippen LogP contribution in [0.1, 0.15) is 63.5 Å². The minimum Gasteiger partial charge on any atom is -0.469 e. The molecule has 0 bridgehead atoms. The number of rotatable bonds is 11. The maximum absolute atomic E-state index is 5.31. The third-order valence-corrected chi connectivity index (χ3v) is 3.16. The van der Waals surface area contributed by atoms with Crippen LogP contribution in [-0.4, -0.2) is 0 Å². The van der Waals surface area contributed by atoms with Gasteiger partial charge in [-0.3, -0.25) is 0 Å². The summed E-state index contributed by atoms with van der Waals surface area (Å²) in [5, 5.41) is 0. The second-order valence-corrected chi connectivity index (χ2v) is 4.74. The summed E-state index contributed by atoms with van der Waals surface area (Å²) < 4.78 is 5.31. The standard InChI is InChI=1S/C16H26O/c1-2-3-4-5-6-7-8-9-10-11-13-16-14-12-15-17-16/h2,12,14-15H,1,3-11,13H2. The first-order chi connectivity index (χ1) is 8.43. The highest BCUT2D eigenvalue weighted by molar-refractivity contribution is 4.97. The van der Waals surface area contributed by atoms with Crippen LogP contribution in [-0.2, 0) is 6.42 Å². The molecule has 1 rings (SSSR count). The van der Waals surface area contributed by atoms with Gasteiger partial charge in [0.1, 0.15) is 5.76 Å². The second kappa shape index (κ2) is 10.2. The van der Waals surface area contributed by atoms with Gasteiger partial charge < -0.3 is 4.42 Å². The lowest BCUT2D eigenvalue weighted by Gasteiger charge is -2.01. The van der Waals surface area contributed by atoms with Crippen LogP contribution in [0.5, 0.6) is 0 Å². The van der Waals surface area contributed by atoms with E-state index < -0.39 is 0 Å². The van der Waals surface area contributed by atoms with E-state index in [1.807, 2.05) is 12.1 Å². The molecule has 0 aliphatic carbocycles. The average Bonchev–Trinajstić information content (AvgIpc) is 2.85. The van der Waals surface area contributed by atoms with Crippen molar-refractivity contribution in [1.29, 1.82) is 0 Å². The lowest BCUT2D eigenvalue weighted by molar-refractivity contribution is 0.490. The fraction of sp³-hybridized carbons (Fsp3) is 0.625. The molecule has 17 heavy (non-hydrogen) atoms. The Labute approximate surface area is 106 Å². The van der Waals surface area contributed by atoms with Crippen LogP contribution in [0.3, 0.4) is 0 Å². The van der Waals surface area contributed by atoms with Crippen LogP contribution in [0.4, 0.5) is 0 Å². The van der Waals surface area contributed by atoms with E-state index in [1.54, 1.807) is 6.26 Å². The van der Waals surface area contributed by atoms with Gasteiger partial charge in [0.15, 0.2) is 0 Å². The highest BCUT2D eigenvalue weighted by Crippen LogP contribution is 2.12. The zero-order valence-electron chi connectivity index (χ0n) is 11.0. The van der Waals surface area contributed by atoms with E-state index in [0.717, 1.165) is 12.2 Å². The number of aryl methyl sites for hydroxylation is 1. The minimum absolute atomic E-state index is 1.10. The average molecular weight is 234 g/mol. The molecule has 0 radical (unpaired) electrons. The van der Waals surface area contributed by atoms with Crippen LogP contribution >= 0.6 is 0 Å². The van der Waals surface area contributed by atoms with Gasteiger partial charge in [0, 0.05) is 6.42 Å². The number of furan rings is 1. The summed E-state index contributed by atoms with van der Waals surface area (Å²) in [4.78, 5) is 0. The molecule has 0 unspecified atom stereocenters. The Balaban J connectivity index is 1.77. The fourth-order valence-electron chi connectivity index (χ4n) is 2.10. The third-order valence-electron chi connectivity index (χ3n) is 3.16. The molecule has 0 aliphatic rings. The Hall–Kier alpha value is -0.980. The summed E-state index contributed by atoms with van der Waals surface area (Å²) >= 11 is 0. The van der Waals surface area contributed by atoms with Crippen LogP contribution in [0.25, 0.3) is 0 Å². The molecular formula is C16H26O. The number of allylic oxidation sites excluding steroid dienone is 1. The van der Waals surface area contributed by atoms with Crippen molar-refractivity contribution in [3.8, 4) is 0 Å². The topological polar surface area (TPSA) is 13.1 Å². The van der Waals surface area contributed by atoms with Gasteiger partial charge in [-0.15, -0.1) is 6.58 Å². The highest BCUT2D eigenvalue weighted by atomic mass is 16.3. The Kier molecular flexibility index (Phi) is 8.44. The third kappa shape index (κ3) is 7.84. The molecule has 0 saturated carbocycles. The maximum Gasteiger partial charge on any atom is 0.103 e. The molecule has 0 aromatic carbocycles. The minimum atomic E-state index is 1.10.